The van der Waals surface area contributed by atoms with Crippen molar-refractivity contribution < 1.29 is 10.3 Å². The highest BCUT2D eigenvalue weighted by molar-refractivity contribution is 5.85. The lowest BCUT2D eigenvalue weighted by Crippen LogP contribution is -2.35. The minimum atomic E-state index is -0.275. The molecule has 0 aliphatic heterocycles. The number of rotatable bonds is 8. The van der Waals surface area contributed by atoms with Gasteiger partial charge in [-0.05, 0) is 19.4 Å². The first kappa shape index (κ1) is 16.2. The Balaban J connectivity index is 3.79. The van der Waals surface area contributed by atoms with Crippen molar-refractivity contribution in [2.24, 2.45) is 21.7 Å². The molecule has 0 amide bonds. The topological polar surface area (TPSA) is 90.9 Å². The number of nitrogens with zero attached hydrogens (tertiary/aromatic N) is 1. The highest BCUT2D eigenvalue weighted by Crippen LogP contribution is 2.22. The molecule has 5 nitrogen and oxygen atoms in total. The number of aliphatic hydroxyl groups is 1. The first-order chi connectivity index (χ1) is 7.75. The average molecular weight is 245 g/mol. The van der Waals surface area contributed by atoms with Gasteiger partial charge in [0.1, 0.15) is 5.84 Å². The average Bonchev–Trinajstić information content (AvgIpc) is 2.27. The van der Waals surface area contributed by atoms with E-state index in [1.807, 2.05) is 27.7 Å². The minimum absolute atomic E-state index is 0.0822. The number of nitrogens with one attached hydrogen (secondary N) is 1. The molecular weight excluding hydrogens is 218 g/mol. The Labute approximate surface area is 104 Å². The van der Waals surface area contributed by atoms with Gasteiger partial charge in [-0.15, -0.1) is 0 Å². The summed E-state index contributed by atoms with van der Waals surface area (Å²) in [6.07, 6.45) is 1.81. The molecule has 0 unspecified atom stereocenters. The van der Waals surface area contributed by atoms with E-state index in [1.165, 1.54) is 0 Å². The van der Waals surface area contributed by atoms with E-state index in [0.717, 1.165) is 25.9 Å². The number of oxime groups is 1. The predicted octanol–water partition coefficient (Wildman–Crippen LogP) is 1.15. The van der Waals surface area contributed by atoms with Crippen LogP contribution in [0.1, 0.15) is 40.5 Å². The maximum Gasteiger partial charge on any atom is 0.144 e. The van der Waals surface area contributed by atoms with Crippen LogP contribution in [0.3, 0.4) is 0 Å². The van der Waals surface area contributed by atoms with Crippen molar-refractivity contribution in [3.8, 4) is 0 Å². The standard InChI is InChI=1S/C12H27N3O2/c1-11(2,9-16)8-14-7-5-6-12(3,4)10(13)15-17/h14,16-17H,5-9H2,1-4H3,(H2,13,15). The molecule has 0 aliphatic rings. The van der Waals surface area contributed by atoms with Crippen LogP contribution in [0.2, 0.25) is 0 Å². The quantitative estimate of drug-likeness (QED) is 0.170. The summed E-state index contributed by atoms with van der Waals surface area (Å²) in [6, 6.07) is 0. The van der Waals surface area contributed by atoms with E-state index < -0.39 is 0 Å². The summed E-state index contributed by atoms with van der Waals surface area (Å²) in [7, 11) is 0. The minimum Gasteiger partial charge on any atom is -0.409 e. The number of hydrogen-bond acceptors (Lipinski definition) is 4. The highest BCUT2D eigenvalue weighted by Gasteiger charge is 2.23. The molecule has 0 aliphatic carbocycles. The molecule has 0 spiro atoms. The van der Waals surface area contributed by atoms with Crippen LogP contribution in [0.4, 0.5) is 0 Å². The second kappa shape index (κ2) is 6.81. The number of amidine groups is 1. The van der Waals surface area contributed by atoms with Crippen molar-refractivity contribution in [2.75, 3.05) is 19.7 Å². The molecule has 0 aromatic rings. The van der Waals surface area contributed by atoms with Crippen LogP contribution in [-0.2, 0) is 0 Å². The summed E-state index contributed by atoms with van der Waals surface area (Å²) in [4.78, 5) is 0. The van der Waals surface area contributed by atoms with Gasteiger partial charge >= 0.3 is 0 Å². The van der Waals surface area contributed by atoms with E-state index in [-0.39, 0.29) is 23.3 Å². The summed E-state index contributed by atoms with van der Waals surface area (Å²) in [5.74, 6) is 0.271. The van der Waals surface area contributed by atoms with Crippen LogP contribution in [0.25, 0.3) is 0 Å². The van der Waals surface area contributed by atoms with Gasteiger partial charge in [0.15, 0.2) is 0 Å². The molecule has 5 heteroatoms. The van der Waals surface area contributed by atoms with Crippen molar-refractivity contribution in [3.63, 3.8) is 0 Å². The van der Waals surface area contributed by atoms with E-state index in [1.54, 1.807) is 0 Å². The van der Waals surface area contributed by atoms with Gasteiger partial charge in [-0.2, -0.15) is 0 Å². The molecule has 0 rings (SSSR count). The molecular formula is C12H27N3O2. The van der Waals surface area contributed by atoms with E-state index in [4.69, 9.17) is 16.0 Å². The number of hydrogen-bond donors (Lipinski definition) is 4. The number of aliphatic hydroxyl groups excluding tert-OH is 1. The highest BCUT2D eigenvalue weighted by atomic mass is 16.4. The molecule has 0 atom stereocenters. The number of nitrogens with two attached hydrogens (primary N) is 1. The van der Waals surface area contributed by atoms with Crippen LogP contribution in [-0.4, -0.2) is 35.8 Å². The second-order valence-corrected chi connectivity index (χ2v) is 5.97. The maximum atomic E-state index is 9.08. The Hall–Kier alpha value is -0.810. The van der Waals surface area contributed by atoms with Gasteiger partial charge in [0.25, 0.3) is 0 Å². The second-order valence-electron chi connectivity index (χ2n) is 5.97. The fourth-order valence-electron chi connectivity index (χ4n) is 1.40. The van der Waals surface area contributed by atoms with E-state index in [9.17, 15) is 0 Å². The molecule has 0 fully saturated rings. The molecule has 0 aromatic heterocycles. The monoisotopic (exact) mass is 245 g/mol. The molecule has 0 bridgehead atoms. The molecule has 5 N–H and O–H groups in total. The first-order valence-corrected chi connectivity index (χ1v) is 6.05. The van der Waals surface area contributed by atoms with Gasteiger partial charge in [-0.25, -0.2) is 0 Å². The third-order valence-corrected chi connectivity index (χ3v) is 2.99. The van der Waals surface area contributed by atoms with Crippen molar-refractivity contribution in [1.82, 2.24) is 5.32 Å². The SMILES string of the molecule is CC(C)(CO)CNCCCC(C)(C)C(N)=NO. The third-order valence-electron chi connectivity index (χ3n) is 2.99. The lowest BCUT2D eigenvalue weighted by molar-refractivity contribution is 0.157. The van der Waals surface area contributed by atoms with E-state index >= 15 is 0 Å². The molecule has 17 heavy (non-hydrogen) atoms. The predicted molar refractivity (Wildman–Crippen MR) is 70.2 cm³/mol. The Bertz CT molecular complexity index is 250. The zero-order chi connectivity index (χ0) is 13.5. The third kappa shape index (κ3) is 6.48. The summed E-state index contributed by atoms with van der Waals surface area (Å²) in [6.45, 7) is 9.77. The fourth-order valence-corrected chi connectivity index (χ4v) is 1.40. The summed E-state index contributed by atoms with van der Waals surface area (Å²) in [5.41, 5.74) is 5.25. The lowest BCUT2D eigenvalue weighted by Gasteiger charge is -2.24. The van der Waals surface area contributed by atoms with Crippen LogP contribution < -0.4 is 11.1 Å². The van der Waals surface area contributed by atoms with Gasteiger partial charge in [0.05, 0.1) is 0 Å². The van der Waals surface area contributed by atoms with Crippen molar-refractivity contribution >= 4 is 5.84 Å². The molecule has 0 radical (unpaired) electrons. The van der Waals surface area contributed by atoms with Crippen molar-refractivity contribution in [1.29, 1.82) is 0 Å². The summed E-state index contributed by atoms with van der Waals surface area (Å²) < 4.78 is 0. The van der Waals surface area contributed by atoms with Gasteiger partial charge in [0, 0.05) is 24.0 Å². The Morgan fingerprint density at radius 1 is 1.29 bits per heavy atom. The van der Waals surface area contributed by atoms with Crippen LogP contribution in [0.15, 0.2) is 5.16 Å². The van der Waals surface area contributed by atoms with Crippen LogP contribution in [0.5, 0.6) is 0 Å². The normalized spacial score (nSPS) is 14.1. The van der Waals surface area contributed by atoms with Crippen LogP contribution >= 0.6 is 0 Å². The summed E-state index contributed by atoms with van der Waals surface area (Å²) >= 11 is 0. The smallest absolute Gasteiger partial charge is 0.144 e. The zero-order valence-corrected chi connectivity index (χ0v) is 11.5. The maximum absolute atomic E-state index is 9.08. The van der Waals surface area contributed by atoms with E-state index in [0.29, 0.717) is 0 Å². The lowest BCUT2D eigenvalue weighted by atomic mass is 9.86. The van der Waals surface area contributed by atoms with Crippen LogP contribution in [0, 0.1) is 10.8 Å². The molecule has 102 valence electrons. The fraction of sp³-hybridized carbons (Fsp3) is 0.917. The largest absolute Gasteiger partial charge is 0.409 e. The van der Waals surface area contributed by atoms with Gasteiger partial charge < -0.3 is 21.4 Å². The zero-order valence-electron chi connectivity index (χ0n) is 11.5. The molecule has 0 saturated carbocycles. The van der Waals surface area contributed by atoms with Gasteiger partial charge in [-0.3, -0.25) is 0 Å². The Kier molecular flexibility index (Phi) is 6.49. The Morgan fingerprint density at radius 3 is 2.35 bits per heavy atom. The van der Waals surface area contributed by atoms with Gasteiger partial charge in [0.2, 0.25) is 0 Å². The first-order valence-electron chi connectivity index (χ1n) is 6.05. The van der Waals surface area contributed by atoms with E-state index in [2.05, 4.69) is 10.5 Å². The summed E-state index contributed by atoms with van der Waals surface area (Å²) in [5, 5.41) is 24.1. The molecule has 0 heterocycles. The molecule has 0 aromatic carbocycles. The van der Waals surface area contributed by atoms with Gasteiger partial charge in [-0.1, -0.05) is 32.9 Å². The van der Waals surface area contributed by atoms with Crippen molar-refractivity contribution in [3.05, 3.63) is 0 Å². The molecule has 0 saturated heterocycles. The Morgan fingerprint density at radius 2 is 1.88 bits per heavy atom. The van der Waals surface area contributed by atoms with Crippen molar-refractivity contribution in [2.45, 2.75) is 40.5 Å².